The van der Waals surface area contributed by atoms with Crippen molar-refractivity contribution < 1.29 is 4.84 Å². The van der Waals surface area contributed by atoms with Crippen LogP contribution in [0, 0.1) is 0 Å². The van der Waals surface area contributed by atoms with E-state index in [1.165, 1.54) is 0 Å². The molecule has 4 heteroatoms. The quantitative estimate of drug-likeness (QED) is 0.209. The van der Waals surface area contributed by atoms with Crippen LogP contribution in [0.2, 0.25) is 0 Å². The Morgan fingerprint density at radius 3 is 2.73 bits per heavy atom. The number of alkyl halides is 1. The monoisotopic (exact) mass is 266 g/mol. The van der Waals surface area contributed by atoms with Crippen LogP contribution < -0.4 is 5.90 Å². The van der Waals surface area contributed by atoms with Crippen molar-refractivity contribution in [2.75, 3.05) is 11.5 Å². The van der Waals surface area contributed by atoms with Gasteiger partial charge < -0.3 is 4.84 Å². The lowest BCUT2D eigenvalue weighted by Gasteiger charge is -2.01. The van der Waals surface area contributed by atoms with Gasteiger partial charge in [0.2, 0.25) is 0 Å². The van der Waals surface area contributed by atoms with Gasteiger partial charge >= 0.3 is 0 Å². The van der Waals surface area contributed by atoms with Gasteiger partial charge in [-0.1, -0.05) is 35.2 Å². The molecule has 0 spiro atoms. The second-order valence-electron chi connectivity index (χ2n) is 1.73. The summed E-state index contributed by atoms with van der Waals surface area (Å²) in [5.74, 6) is 5.58. The molecule has 0 aromatic carbocycles. The van der Waals surface area contributed by atoms with Crippen LogP contribution in [0.4, 0.5) is 0 Å². The summed E-state index contributed by atoms with van der Waals surface area (Å²) in [7, 11) is 1.66. The van der Waals surface area contributed by atoms with Gasteiger partial charge in [-0.15, -0.1) is 0 Å². The number of nitrogens with zero attached hydrogens (tertiary/aromatic N) is 1. The van der Waals surface area contributed by atoms with Gasteiger partial charge in [-0.2, -0.15) is 5.90 Å². The summed E-state index contributed by atoms with van der Waals surface area (Å²) in [6.45, 7) is 3.62. The summed E-state index contributed by atoms with van der Waals surface area (Å²) in [6.07, 6.45) is 3.27. The summed E-state index contributed by atoms with van der Waals surface area (Å²) in [6, 6.07) is 0. The van der Waals surface area contributed by atoms with Gasteiger partial charge in [0.15, 0.2) is 5.76 Å². The molecule has 0 heterocycles. The first-order valence-corrected chi connectivity index (χ1v) is 4.53. The minimum atomic E-state index is 0.567. The molecule has 0 aliphatic heterocycles. The van der Waals surface area contributed by atoms with Crippen molar-refractivity contribution in [3.8, 4) is 0 Å². The van der Waals surface area contributed by atoms with Crippen LogP contribution >= 0.6 is 22.6 Å². The highest BCUT2D eigenvalue weighted by atomic mass is 127. The van der Waals surface area contributed by atoms with Gasteiger partial charge in [0.1, 0.15) is 0 Å². The van der Waals surface area contributed by atoms with Crippen molar-refractivity contribution in [3.63, 3.8) is 0 Å². The lowest BCUT2D eigenvalue weighted by molar-refractivity contribution is 0.240. The smallest absolute Gasteiger partial charge is 0.168 e. The van der Waals surface area contributed by atoms with Gasteiger partial charge in [-0.05, 0) is 0 Å². The largest absolute Gasteiger partial charge is 0.410 e. The Labute approximate surface area is 80.1 Å². The number of aliphatic imine (C=N–C) groups is 1. The maximum absolute atomic E-state index is 5.01. The first-order chi connectivity index (χ1) is 5.29. The Morgan fingerprint density at radius 1 is 1.82 bits per heavy atom. The number of halogens is 1. The van der Waals surface area contributed by atoms with Gasteiger partial charge in [0, 0.05) is 17.0 Å². The molecule has 0 rings (SSSR count). The highest BCUT2D eigenvalue weighted by Gasteiger charge is 1.99. The standard InChI is InChI=1S/C7H11IN2O/c1-3-6(4-8)7(11-9)5-10-2/h3,5H,1,4,9H2,2H3/b7-6-,10-5?. The predicted octanol–water partition coefficient (Wildman–Crippen LogP) is 1.45. The molecule has 0 aromatic heterocycles. The zero-order valence-corrected chi connectivity index (χ0v) is 8.54. The van der Waals surface area contributed by atoms with Crippen molar-refractivity contribution >= 4 is 28.8 Å². The SMILES string of the molecule is C=C/C(CI)=C(\C=NC)ON. The highest BCUT2D eigenvalue weighted by Crippen LogP contribution is 2.07. The molecule has 62 valence electrons. The zero-order chi connectivity index (χ0) is 8.69. The molecule has 11 heavy (non-hydrogen) atoms. The molecule has 0 saturated heterocycles. The lowest BCUT2D eigenvalue weighted by atomic mass is 10.2. The Morgan fingerprint density at radius 2 is 2.45 bits per heavy atom. The first kappa shape index (κ1) is 10.6. The van der Waals surface area contributed by atoms with Crippen LogP contribution in [-0.4, -0.2) is 17.7 Å². The van der Waals surface area contributed by atoms with E-state index in [1.54, 1.807) is 19.3 Å². The zero-order valence-electron chi connectivity index (χ0n) is 6.38. The van der Waals surface area contributed by atoms with Crippen LogP contribution in [0.25, 0.3) is 0 Å². The Hall–Kier alpha value is -0.360. The van der Waals surface area contributed by atoms with Crippen LogP contribution in [-0.2, 0) is 4.84 Å². The summed E-state index contributed by atoms with van der Waals surface area (Å²) < 4.78 is 0.805. The van der Waals surface area contributed by atoms with E-state index < -0.39 is 0 Å². The number of nitrogens with two attached hydrogens (primary N) is 1. The molecule has 0 saturated carbocycles. The molecule has 0 radical (unpaired) electrons. The maximum Gasteiger partial charge on any atom is 0.168 e. The average Bonchev–Trinajstić information content (AvgIpc) is 2.05. The van der Waals surface area contributed by atoms with Gasteiger partial charge in [0.25, 0.3) is 0 Å². The van der Waals surface area contributed by atoms with Crippen molar-refractivity contribution in [1.29, 1.82) is 0 Å². The fraction of sp³-hybridized carbons (Fsp3) is 0.286. The van der Waals surface area contributed by atoms with Gasteiger partial charge in [-0.25, -0.2) is 0 Å². The van der Waals surface area contributed by atoms with E-state index in [2.05, 4.69) is 39.0 Å². The molecule has 0 fully saturated rings. The molecule has 0 bridgehead atoms. The van der Waals surface area contributed by atoms with E-state index in [1.807, 2.05) is 0 Å². The van der Waals surface area contributed by atoms with Crippen LogP contribution in [0.15, 0.2) is 29.0 Å². The Bertz CT molecular complexity index is 187. The van der Waals surface area contributed by atoms with Crippen molar-refractivity contribution in [1.82, 2.24) is 0 Å². The van der Waals surface area contributed by atoms with Crippen LogP contribution in [0.5, 0.6) is 0 Å². The third kappa shape index (κ3) is 3.52. The Kier molecular flexibility index (Phi) is 6.15. The normalized spacial score (nSPS) is 13.0. The number of hydrogen-bond acceptors (Lipinski definition) is 3. The fourth-order valence-corrected chi connectivity index (χ4v) is 1.21. The van der Waals surface area contributed by atoms with Crippen LogP contribution in [0.1, 0.15) is 0 Å². The molecule has 0 aliphatic carbocycles. The Balaban J connectivity index is 4.61. The molecule has 2 N–H and O–H groups in total. The molecule has 0 aromatic rings. The second kappa shape index (κ2) is 6.36. The summed E-state index contributed by atoms with van der Waals surface area (Å²) in [4.78, 5) is 8.37. The fourth-order valence-electron chi connectivity index (χ4n) is 0.527. The van der Waals surface area contributed by atoms with E-state index in [9.17, 15) is 0 Å². The summed E-state index contributed by atoms with van der Waals surface area (Å²) in [5.41, 5.74) is 0.943. The minimum absolute atomic E-state index is 0.567. The van der Waals surface area contributed by atoms with Crippen LogP contribution in [0.3, 0.4) is 0 Å². The van der Waals surface area contributed by atoms with Crippen molar-refractivity contribution in [3.05, 3.63) is 24.0 Å². The van der Waals surface area contributed by atoms with E-state index in [0.717, 1.165) is 10.0 Å². The van der Waals surface area contributed by atoms with E-state index in [4.69, 9.17) is 5.90 Å². The molecular formula is C7H11IN2O. The molecule has 0 unspecified atom stereocenters. The summed E-state index contributed by atoms with van der Waals surface area (Å²) >= 11 is 2.20. The molecule has 0 atom stereocenters. The minimum Gasteiger partial charge on any atom is -0.410 e. The van der Waals surface area contributed by atoms with E-state index >= 15 is 0 Å². The van der Waals surface area contributed by atoms with Crippen molar-refractivity contribution in [2.24, 2.45) is 10.9 Å². The maximum atomic E-state index is 5.01. The first-order valence-electron chi connectivity index (χ1n) is 3.00. The van der Waals surface area contributed by atoms with E-state index in [-0.39, 0.29) is 0 Å². The molecular weight excluding hydrogens is 255 g/mol. The number of hydrogen-bond donors (Lipinski definition) is 1. The topological polar surface area (TPSA) is 47.6 Å². The average molecular weight is 266 g/mol. The second-order valence-corrected chi connectivity index (χ2v) is 2.50. The predicted molar refractivity (Wildman–Crippen MR) is 55.8 cm³/mol. The third-order valence-corrected chi connectivity index (χ3v) is 1.90. The van der Waals surface area contributed by atoms with Gasteiger partial charge in [-0.3, -0.25) is 4.99 Å². The summed E-state index contributed by atoms with van der Waals surface area (Å²) in [5, 5.41) is 0. The molecule has 3 nitrogen and oxygen atoms in total. The highest BCUT2D eigenvalue weighted by molar-refractivity contribution is 14.1. The number of rotatable bonds is 4. The van der Waals surface area contributed by atoms with Gasteiger partial charge in [0.05, 0.1) is 6.21 Å². The third-order valence-electron chi connectivity index (χ3n) is 1.08. The molecule has 0 amide bonds. The van der Waals surface area contributed by atoms with Crippen molar-refractivity contribution in [2.45, 2.75) is 0 Å². The lowest BCUT2D eigenvalue weighted by Crippen LogP contribution is -2.04. The van der Waals surface area contributed by atoms with E-state index in [0.29, 0.717) is 5.76 Å². The molecule has 0 aliphatic rings. The number of allylic oxidation sites excluding steroid dienone is 3.